The Hall–Kier alpha value is -3.72. The number of ether oxygens (including phenoxy) is 3. The van der Waals surface area contributed by atoms with Crippen molar-refractivity contribution in [1.29, 1.82) is 0 Å². The summed E-state index contributed by atoms with van der Waals surface area (Å²) in [6.45, 7) is 20.7. The minimum atomic E-state index is 0.480. The summed E-state index contributed by atoms with van der Waals surface area (Å²) in [6, 6.07) is 19.2. The van der Waals surface area contributed by atoms with Crippen LogP contribution in [0.2, 0.25) is 0 Å². The van der Waals surface area contributed by atoms with Gasteiger partial charge >= 0.3 is 0 Å². The van der Waals surface area contributed by atoms with Crippen LogP contribution in [0.15, 0.2) is 54.6 Å². The van der Waals surface area contributed by atoms with E-state index < -0.39 is 0 Å². The Balaban J connectivity index is 1.56. The molecule has 0 saturated heterocycles. The van der Waals surface area contributed by atoms with Gasteiger partial charge in [0.2, 0.25) is 0 Å². The van der Waals surface area contributed by atoms with Gasteiger partial charge in [0.1, 0.15) is 37.1 Å². The predicted octanol–water partition coefficient (Wildman–Crippen LogP) is 9.20. The van der Waals surface area contributed by atoms with E-state index in [4.69, 9.17) is 14.2 Å². The molecule has 204 valence electrons. The van der Waals surface area contributed by atoms with Gasteiger partial charge in [-0.25, -0.2) is 0 Å². The second-order valence-corrected chi connectivity index (χ2v) is 11.1. The van der Waals surface area contributed by atoms with Gasteiger partial charge in [0.15, 0.2) is 0 Å². The van der Waals surface area contributed by atoms with E-state index in [2.05, 4.69) is 117 Å². The molecule has 0 aliphatic rings. The van der Waals surface area contributed by atoms with Crippen LogP contribution in [-0.2, 0) is 19.8 Å². The first-order valence-corrected chi connectivity index (χ1v) is 13.7. The van der Waals surface area contributed by atoms with Crippen molar-refractivity contribution < 1.29 is 14.2 Å². The minimum Gasteiger partial charge on any atom is -0.489 e. The Bertz CT molecular complexity index is 1230. The maximum Gasteiger partial charge on any atom is 0.120 e. The van der Waals surface area contributed by atoms with Crippen LogP contribution in [0.5, 0.6) is 17.2 Å². The van der Waals surface area contributed by atoms with Crippen LogP contribution < -0.4 is 14.2 Å². The first-order valence-electron chi connectivity index (χ1n) is 13.7. The van der Waals surface area contributed by atoms with Crippen molar-refractivity contribution in [2.75, 3.05) is 0 Å². The van der Waals surface area contributed by atoms with E-state index >= 15 is 0 Å². The van der Waals surface area contributed by atoms with Gasteiger partial charge in [-0.2, -0.15) is 0 Å². The Kier molecular flexibility index (Phi) is 8.70. The van der Waals surface area contributed by atoms with Crippen LogP contribution in [0.1, 0.15) is 66.8 Å². The van der Waals surface area contributed by atoms with Crippen molar-refractivity contribution >= 4 is 0 Å². The molecule has 3 heteroatoms. The van der Waals surface area contributed by atoms with Gasteiger partial charge in [-0.3, -0.25) is 0 Å². The predicted molar refractivity (Wildman–Crippen MR) is 161 cm³/mol. The number of aryl methyl sites for hydroxylation is 6. The number of rotatable bonds is 9. The minimum absolute atomic E-state index is 0.480. The molecule has 4 aromatic rings. The zero-order chi connectivity index (χ0) is 28.3. The lowest BCUT2D eigenvalue weighted by Crippen LogP contribution is -2.04. The molecule has 4 aromatic carbocycles. The summed E-state index contributed by atoms with van der Waals surface area (Å²) in [6.07, 6.45) is 0. The summed E-state index contributed by atoms with van der Waals surface area (Å²) in [5, 5.41) is 0. The molecule has 0 aromatic heterocycles. The summed E-state index contributed by atoms with van der Waals surface area (Å²) in [7, 11) is 0. The molecule has 0 radical (unpaired) electrons. The number of hydrogen-bond acceptors (Lipinski definition) is 3. The molecule has 0 unspecified atom stereocenters. The normalized spacial score (nSPS) is 11.0. The maximum absolute atomic E-state index is 6.25. The van der Waals surface area contributed by atoms with E-state index in [1.54, 1.807) is 0 Å². The SMILES string of the molecule is Cc1cc(OCc2cc(COc3cc(C)c(C)c(C)c3)cc(COc3cc(C)c(C)c(C)c3)c2)cc(C)c1C. The lowest BCUT2D eigenvalue weighted by atomic mass is 10.0. The molecular weight excluding hydrogens is 480 g/mol. The van der Waals surface area contributed by atoms with Gasteiger partial charge in [-0.05, 0) is 184 Å². The van der Waals surface area contributed by atoms with E-state index in [1.165, 1.54) is 50.1 Å². The van der Waals surface area contributed by atoms with Crippen molar-refractivity contribution in [3.63, 3.8) is 0 Å². The molecule has 0 bridgehead atoms. The second-order valence-electron chi connectivity index (χ2n) is 11.1. The first kappa shape index (κ1) is 28.3. The Morgan fingerprint density at radius 1 is 0.333 bits per heavy atom. The molecule has 0 saturated carbocycles. The van der Waals surface area contributed by atoms with E-state index in [9.17, 15) is 0 Å². The zero-order valence-electron chi connectivity index (χ0n) is 25.0. The Morgan fingerprint density at radius 2 is 0.538 bits per heavy atom. The van der Waals surface area contributed by atoms with Crippen LogP contribution in [0.25, 0.3) is 0 Å². The van der Waals surface area contributed by atoms with Crippen LogP contribution in [-0.4, -0.2) is 0 Å². The van der Waals surface area contributed by atoms with Crippen LogP contribution in [0.4, 0.5) is 0 Å². The fourth-order valence-corrected chi connectivity index (χ4v) is 4.83. The second kappa shape index (κ2) is 12.0. The number of benzene rings is 4. The highest BCUT2D eigenvalue weighted by Crippen LogP contribution is 2.26. The van der Waals surface area contributed by atoms with Gasteiger partial charge in [0.05, 0.1) is 0 Å². The van der Waals surface area contributed by atoms with Gasteiger partial charge < -0.3 is 14.2 Å². The molecule has 0 atom stereocenters. The molecule has 0 aliphatic carbocycles. The molecule has 0 fully saturated rings. The maximum atomic E-state index is 6.25. The highest BCUT2D eigenvalue weighted by atomic mass is 16.5. The van der Waals surface area contributed by atoms with Gasteiger partial charge in [0, 0.05) is 0 Å². The molecule has 0 spiro atoms. The summed E-state index contributed by atoms with van der Waals surface area (Å²) in [5.74, 6) is 2.68. The summed E-state index contributed by atoms with van der Waals surface area (Å²) in [5.41, 5.74) is 14.7. The highest BCUT2D eigenvalue weighted by molar-refractivity contribution is 5.42. The molecule has 4 rings (SSSR count). The quantitative estimate of drug-likeness (QED) is 0.219. The van der Waals surface area contributed by atoms with E-state index in [1.807, 2.05) is 0 Å². The Morgan fingerprint density at radius 3 is 0.744 bits per heavy atom. The lowest BCUT2D eigenvalue weighted by Gasteiger charge is -2.15. The molecule has 0 heterocycles. The van der Waals surface area contributed by atoms with E-state index in [0.717, 1.165) is 33.9 Å². The van der Waals surface area contributed by atoms with Crippen LogP contribution >= 0.6 is 0 Å². The van der Waals surface area contributed by atoms with Gasteiger partial charge in [0.25, 0.3) is 0 Å². The smallest absolute Gasteiger partial charge is 0.120 e. The van der Waals surface area contributed by atoms with Crippen molar-refractivity contribution in [3.8, 4) is 17.2 Å². The fraction of sp³-hybridized carbons (Fsp3) is 0.333. The molecular formula is C36H42O3. The van der Waals surface area contributed by atoms with Crippen molar-refractivity contribution in [2.24, 2.45) is 0 Å². The molecule has 0 amide bonds. The third kappa shape index (κ3) is 7.03. The molecule has 39 heavy (non-hydrogen) atoms. The summed E-state index contributed by atoms with van der Waals surface area (Å²) < 4.78 is 18.8. The molecule has 0 N–H and O–H groups in total. The van der Waals surface area contributed by atoms with Crippen LogP contribution in [0.3, 0.4) is 0 Å². The summed E-state index contributed by atoms with van der Waals surface area (Å²) in [4.78, 5) is 0. The first-order chi connectivity index (χ1) is 18.5. The van der Waals surface area contributed by atoms with E-state index in [0.29, 0.717) is 19.8 Å². The Labute approximate surface area is 234 Å². The van der Waals surface area contributed by atoms with Crippen molar-refractivity contribution in [1.82, 2.24) is 0 Å². The van der Waals surface area contributed by atoms with Gasteiger partial charge in [-0.15, -0.1) is 0 Å². The summed E-state index contributed by atoms with van der Waals surface area (Å²) >= 11 is 0. The number of hydrogen-bond donors (Lipinski definition) is 0. The van der Waals surface area contributed by atoms with Gasteiger partial charge in [-0.1, -0.05) is 0 Å². The van der Waals surface area contributed by atoms with Crippen molar-refractivity contribution in [2.45, 2.75) is 82.1 Å². The topological polar surface area (TPSA) is 27.7 Å². The monoisotopic (exact) mass is 522 g/mol. The third-order valence-corrected chi connectivity index (χ3v) is 8.03. The molecule has 3 nitrogen and oxygen atoms in total. The third-order valence-electron chi connectivity index (χ3n) is 8.03. The largest absolute Gasteiger partial charge is 0.489 e. The fourth-order valence-electron chi connectivity index (χ4n) is 4.83. The average Bonchev–Trinajstić information content (AvgIpc) is 2.89. The highest BCUT2D eigenvalue weighted by Gasteiger charge is 2.09. The van der Waals surface area contributed by atoms with E-state index in [-0.39, 0.29) is 0 Å². The molecule has 0 aliphatic heterocycles. The average molecular weight is 523 g/mol. The van der Waals surface area contributed by atoms with Crippen LogP contribution in [0, 0.1) is 62.3 Å². The zero-order valence-corrected chi connectivity index (χ0v) is 25.0. The lowest BCUT2D eigenvalue weighted by molar-refractivity contribution is 0.293. The standard InChI is InChI=1S/C36H42O3/c1-22-10-34(11-23(2)28(22)7)37-19-31-16-32(20-38-35-12-24(3)29(8)25(4)13-35)18-33(17-31)21-39-36-14-26(5)30(9)27(6)15-36/h10-18H,19-21H2,1-9H3. The van der Waals surface area contributed by atoms with Crippen molar-refractivity contribution in [3.05, 3.63) is 121 Å².